The normalized spacial score (nSPS) is 19.6. The van der Waals surface area contributed by atoms with Gasteiger partial charge in [-0.3, -0.25) is 0 Å². The Kier molecular flexibility index (Phi) is 3.82. The average molecular weight is 240 g/mol. The molecule has 2 N–H and O–H groups in total. The third-order valence-electron chi connectivity index (χ3n) is 3.48. The van der Waals surface area contributed by atoms with Gasteiger partial charge in [0.2, 0.25) is 0 Å². The first kappa shape index (κ1) is 11.9. The van der Waals surface area contributed by atoms with Crippen LogP contribution in [0.1, 0.15) is 37.8 Å². The Morgan fingerprint density at radius 1 is 1.44 bits per heavy atom. The largest absolute Gasteiger partial charge is 0.396 e. The zero-order valence-electron chi connectivity index (χ0n) is 9.83. The van der Waals surface area contributed by atoms with Crippen LogP contribution in [0.3, 0.4) is 0 Å². The molecule has 1 aliphatic carbocycles. The predicted octanol–water partition coefficient (Wildman–Crippen LogP) is 2.81. The van der Waals surface area contributed by atoms with Gasteiger partial charge in [0.15, 0.2) is 5.13 Å². The lowest BCUT2D eigenvalue weighted by Gasteiger charge is -2.35. The second-order valence-electron chi connectivity index (χ2n) is 4.87. The van der Waals surface area contributed by atoms with Crippen molar-refractivity contribution in [2.75, 3.05) is 18.5 Å². The molecule has 0 amide bonds. The molecule has 0 bridgehead atoms. The molecule has 90 valence electrons. The third-order valence-corrected chi connectivity index (χ3v) is 4.40. The van der Waals surface area contributed by atoms with Crippen molar-refractivity contribution >= 4 is 16.5 Å². The number of aliphatic hydroxyl groups excluding tert-OH is 1. The Labute approximate surface area is 101 Å². The summed E-state index contributed by atoms with van der Waals surface area (Å²) < 4.78 is 0. The number of aromatic nitrogens is 1. The van der Waals surface area contributed by atoms with Crippen LogP contribution in [0.15, 0.2) is 5.38 Å². The Balaban J connectivity index is 1.91. The first-order chi connectivity index (χ1) is 7.74. The van der Waals surface area contributed by atoms with Gasteiger partial charge in [-0.15, -0.1) is 11.3 Å². The quantitative estimate of drug-likeness (QED) is 0.850. The minimum atomic E-state index is 0.0951. The van der Waals surface area contributed by atoms with Crippen molar-refractivity contribution in [1.29, 1.82) is 0 Å². The number of aliphatic hydroxyl groups is 1. The number of anilines is 1. The van der Waals surface area contributed by atoms with E-state index in [-0.39, 0.29) is 5.41 Å². The van der Waals surface area contributed by atoms with Gasteiger partial charge in [-0.25, -0.2) is 4.98 Å². The van der Waals surface area contributed by atoms with Crippen LogP contribution in [0.25, 0.3) is 0 Å². The second kappa shape index (κ2) is 5.15. The van der Waals surface area contributed by atoms with Crippen LogP contribution >= 0.6 is 11.3 Å². The number of nitrogens with one attached hydrogen (secondary N) is 1. The highest BCUT2D eigenvalue weighted by molar-refractivity contribution is 7.13. The van der Waals surface area contributed by atoms with Crippen LogP contribution in [0, 0.1) is 12.3 Å². The van der Waals surface area contributed by atoms with Gasteiger partial charge in [-0.2, -0.15) is 0 Å². The fourth-order valence-electron chi connectivity index (χ4n) is 2.39. The number of rotatable bonds is 4. The molecule has 2 rings (SSSR count). The number of thiazole rings is 1. The molecule has 1 heterocycles. The lowest BCUT2D eigenvalue weighted by molar-refractivity contribution is 0.0944. The first-order valence-electron chi connectivity index (χ1n) is 6.01. The molecule has 3 nitrogen and oxygen atoms in total. The monoisotopic (exact) mass is 240 g/mol. The number of hydrogen-bond acceptors (Lipinski definition) is 4. The molecule has 0 aromatic carbocycles. The minimum absolute atomic E-state index is 0.0951. The van der Waals surface area contributed by atoms with Crippen molar-refractivity contribution in [1.82, 2.24) is 4.98 Å². The summed E-state index contributed by atoms with van der Waals surface area (Å²) in [5.41, 5.74) is 1.16. The lowest BCUT2D eigenvalue weighted by Crippen LogP contribution is -2.35. The topological polar surface area (TPSA) is 45.1 Å². The predicted molar refractivity (Wildman–Crippen MR) is 67.9 cm³/mol. The van der Waals surface area contributed by atoms with Crippen molar-refractivity contribution in [2.45, 2.75) is 39.0 Å². The smallest absolute Gasteiger partial charge is 0.182 e. The van der Waals surface area contributed by atoms with E-state index < -0.39 is 0 Å². The second-order valence-corrected chi connectivity index (χ2v) is 5.72. The Morgan fingerprint density at radius 3 is 2.75 bits per heavy atom. The van der Waals surface area contributed by atoms with E-state index in [0.717, 1.165) is 30.2 Å². The zero-order valence-corrected chi connectivity index (χ0v) is 10.6. The highest BCUT2D eigenvalue weighted by atomic mass is 32.1. The summed E-state index contributed by atoms with van der Waals surface area (Å²) in [5, 5.41) is 16.0. The van der Waals surface area contributed by atoms with Gasteiger partial charge in [0.25, 0.3) is 0 Å². The molecule has 0 saturated heterocycles. The van der Waals surface area contributed by atoms with E-state index in [2.05, 4.69) is 15.7 Å². The van der Waals surface area contributed by atoms with Gasteiger partial charge in [0, 0.05) is 17.3 Å². The molecule has 0 unspecified atom stereocenters. The van der Waals surface area contributed by atoms with E-state index in [9.17, 15) is 5.11 Å². The zero-order chi connectivity index (χ0) is 11.4. The lowest BCUT2D eigenvalue weighted by atomic mass is 9.74. The molecule has 16 heavy (non-hydrogen) atoms. The maximum Gasteiger partial charge on any atom is 0.182 e. The molecule has 4 heteroatoms. The van der Waals surface area contributed by atoms with Crippen LogP contribution in [-0.2, 0) is 0 Å². The van der Waals surface area contributed by atoms with E-state index in [0.29, 0.717) is 6.61 Å². The molecule has 1 saturated carbocycles. The van der Waals surface area contributed by atoms with Gasteiger partial charge in [-0.05, 0) is 19.8 Å². The Hall–Kier alpha value is -0.610. The minimum Gasteiger partial charge on any atom is -0.396 e. The SMILES string of the molecule is Cc1csc(NCC2(CO)CCCCC2)n1. The van der Waals surface area contributed by atoms with Gasteiger partial charge < -0.3 is 10.4 Å². The van der Waals surface area contributed by atoms with Gasteiger partial charge in [-0.1, -0.05) is 19.3 Å². The first-order valence-corrected chi connectivity index (χ1v) is 6.89. The summed E-state index contributed by atoms with van der Waals surface area (Å²) in [4.78, 5) is 4.39. The fraction of sp³-hybridized carbons (Fsp3) is 0.750. The van der Waals surface area contributed by atoms with Crippen LogP contribution in [-0.4, -0.2) is 23.2 Å². The Morgan fingerprint density at radius 2 is 2.19 bits per heavy atom. The highest BCUT2D eigenvalue weighted by Crippen LogP contribution is 2.36. The van der Waals surface area contributed by atoms with Gasteiger partial charge in [0.1, 0.15) is 0 Å². The summed E-state index contributed by atoms with van der Waals surface area (Å²) in [7, 11) is 0. The van der Waals surface area contributed by atoms with Crippen molar-refractivity contribution < 1.29 is 5.11 Å². The van der Waals surface area contributed by atoms with Crippen LogP contribution in [0.5, 0.6) is 0 Å². The van der Waals surface area contributed by atoms with E-state index >= 15 is 0 Å². The molecule has 0 spiro atoms. The maximum absolute atomic E-state index is 9.57. The molecule has 1 aliphatic rings. The van der Waals surface area contributed by atoms with E-state index in [1.165, 1.54) is 19.3 Å². The van der Waals surface area contributed by atoms with Crippen molar-refractivity contribution in [3.05, 3.63) is 11.1 Å². The molecule has 0 radical (unpaired) electrons. The average Bonchev–Trinajstić information content (AvgIpc) is 2.74. The standard InChI is InChI=1S/C12H20N2OS/c1-10-7-16-11(14-10)13-8-12(9-15)5-3-2-4-6-12/h7,15H,2-6,8-9H2,1H3,(H,13,14). The molecular formula is C12H20N2OS. The molecule has 0 atom stereocenters. The van der Waals surface area contributed by atoms with Gasteiger partial charge >= 0.3 is 0 Å². The van der Waals surface area contributed by atoms with Crippen LogP contribution < -0.4 is 5.32 Å². The van der Waals surface area contributed by atoms with Crippen molar-refractivity contribution in [3.63, 3.8) is 0 Å². The van der Waals surface area contributed by atoms with Crippen molar-refractivity contribution in [3.8, 4) is 0 Å². The molecule has 1 aromatic heterocycles. The maximum atomic E-state index is 9.57. The third kappa shape index (κ3) is 2.74. The fourth-order valence-corrected chi connectivity index (χ4v) is 3.08. The van der Waals surface area contributed by atoms with E-state index in [4.69, 9.17) is 0 Å². The van der Waals surface area contributed by atoms with E-state index in [1.54, 1.807) is 11.3 Å². The highest BCUT2D eigenvalue weighted by Gasteiger charge is 2.31. The summed E-state index contributed by atoms with van der Waals surface area (Å²) in [6.45, 7) is 3.16. The summed E-state index contributed by atoms with van der Waals surface area (Å²) in [6.07, 6.45) is 6.10. The summed E-state index contributed by atoms with van der Waals surface area (Å²) in [6, 6.07) is 0. The summed E-state index contributed by atoms with van der Waals surface area (Å²) in [5.74, 6) is 0. The molecule has 1 aromatic rings. The number of aryl methyl sites for hydroxylation is 1. The van der Waals surface area contributed by atoms with Crippen LogP contribution in [0.2, 0.25) is 0 Å². The molecule has 1 fully saturated rings. The molecular weight excluding hydrogens is 220 g/mol. The van der Waals surface area contributed by atoms with Crippen LogP contribution in [0.4, 0.5) is 5.13 Å². The number of nitrogens with zero attached hydrogens (tertiary/aromatic N) is 1. The summed E-state index contributed by atoms with van der Waals surface area (Å²) >= 11 is 1.64. The molecule has 0 aliphatic heterocycles. The Bertz CT molecular complexity index is 332. The van der Waals surface area contributed by atoms with E-state index in [1.807, 2.05) is 6.92 Å². The number of hydrogen-bond donors (Lipinski definition) is 2. The van der Waals surface area contributed by atoms with Gasteiger partial charge in [0.05, 0.1) is 12.3 Å². The van der Waals surface area contributed by atoms with Crippen molar-refractivity contribution in [2.24, 2.45) is 5.41 Å².